The van der Waals surface area contributed by atoms with Crippen molar-refractivity contribution in [1.82, 2.24) is 9.88 Å². The Labute approximate surface area is 199 Å². The number of nitrogens with one attached hydrogen (secondary N) is 1. The van der Waals surface area contributed by atoms with Gasteiger partial charge in [-0.2, -0.15) is 5.26 Å². The summed E-state index contributed by atoms with van der Waals surface area (Å²) < 4.78 is 5.39. The van der Waals surface area contributed by atoms with Crippen LogP contribution in [0.15, 0.2) is 48.5 Å². The molecular formula is C27H26N4O3. The number of amides is 2. The second kappa shape index (κ2) is 10.1. The number of anilines is 1. The van der Waals surface area contributed by atoms with Gasteiger partial charge in [0, 0.05) is 37.0 Å². The maximum Gasteiger partial charge on any atom is 0.410 e. The molecule has 7 nitrogen and oxygen atoms in total. The van der Waals surface area contributed by atoms with Crippen molar-refractivity contribution in [1.29, 1.82) is 5.26 Å². The fourth-order valence-corrected chi connectivity index (χ4v) is 3.19. The van der Waals surface area contributed by atoms with Crippen molar-refractivity contribution < 1.29 is 14.3 Å². The number of carbonyl (C=O) groups is 2. The highest BCUT2D eigenvalue weighted by atomic mass is 16.6. The molecule has 0 spiro atoms. The van der Waals surface area contributed by atoms with Crippen LogP contribution in [0, 0.1) is 23.2 Å². The predicted molar refractivity (Wildman–Crippen MR) is 131 cm³/mol. The molecule has 0 bridgehead atoms. The molecule has 0 atom stereocenters. The van der Waals surface area contributed by atoms with E-state index < -0.39 is 11.7 Å². The SMILES string of the molecule is CC(=O)Nc1ccc2ccc(C#Cc3cc(C#N)cc(CN(C)C(=O)OC(C)(C)C)c3)cc2n1. The predicted octanol–water partition coefficient (Wildman–Crippen LogP) is 4.83. The van der Waals surface area contributed by atoms with Gasteiger partial charge < -0.3 is 15.0 Å². The standard InChI is InChI=1S/C27H26N4O3/c1-18(32)29-25-11-10-23-9-8-19(15-24(23)30-25)6-7-20-12-21(16-28)14-22(13-20)17-31(5)26(33)34-27(2,3)4/h8-15H,17H2,1-5H3,(H,29,30,32). The molecule has 0 unspecified atom stereocenters. The van der Waals surface area contributed by atoms with Crippen molar-refractivity contribution in [3.63, 3.8) is 0 Å². The van der Waals surface area contributed by atoms with Gasteiger partial charge in [0.05, 0.1) is 17.1 Å². The van der Waals surface area contributed by atoms with Crippen molar-refractivity contribution in [3.05, 3.63) is 70.8 Å². The van der Waals surface area contributed by atoms with Crippen LogP contribution in [0.4, 0.5) is 10.6 Å². The molecule has 1 heterocycles. The molecule has 0 aliphatic heterocycles. The van der Waals surface area contributed by atoms with Gasteiger partial charge in [-0.05, 0) is 68.8 Å². The quantitative estimate of drug-likeness (QED) is 0.572. The third kappa shape index (κ3) is 6.82. The molecule has 2 aromatic carbocycles. The van der Waals surface area contributed by atoms with Gasteiger partial charge in [0.1, 0.15) is 11.4 Å². The zero-order chi connectivity index (χ0) is 24.9. The molecule has 172 valence electrons. The Hall–Kier alpha value is -4.36. The first-order valence-corrected chi connectivity index (χ1v) is 10.7. The molecule has 0 fully saturated rings. The first-order chi connectivity index (χ1) is 16.0. The molecular weight excluding hydrogens is 428 g/mol. The Kier molecular flexibility index (Phi) is 7.18. The van der Waals surface area contributed by atoms with E-state index in [2.05, 4.69) is 28.2 Å². The van der Waals surface area contributed by atoms with Crippen LogP contribution in [-0.4, -0.2) is 34.5 Å². The van der Waals surface area contributed by atoms with Gasteiger partial charge in [0.2, 0.25) is 5.91 Å². The largest absolute Gasteiger partial charge is 0.444 e. The highest BCUT2D eigenvalue weighted by Crippen LogP contribution is 2.18. The second-order valence-corrected chi connectivity index (χ2v) is 8.90. The van der Waals surface area contributed by atoms with Crippen molar-refractivity contribution in [2.75, 3.05) is 12.4 Å². The van der Waals surface area contributed by atoms with E-state index in [0.717, 1.165) is 16.5 Å². The minimum Gasteiger partial charge on any atom is -0.444 e. The molecule has 3 aromatic rings. The monoisotopic (exact) mass is 454 g/mol. The number of hydrogen-bond acceptors (Lipinski definition) is 5. The zero-order valence-corrected chi connectivity index (χ0v) is 19.9. The van der Waals surface area contributed by atoms with E-state index in [1.165, 1.54) is 11.8 Å². The molecule has 0 saturated carbocycles. The van der Waals surface area contributed by atoms with Gasteiger partial charge in [-0.25, -0.2) is 9.78 Å². The van der Waals surface area contributed by atoms with Crippen molar-refractivity contribution in [2.24, 2.45) is 0 Å². The summed E-state index contributed by atoms with van der Waals surface area (Å²) in [5.41, 5.74) is 2.76. The topological polar surface area (TPSA) is 95.3 Å². The van der Waals surface area contributed by atoms with Gasteiger partial charge in [-0.1, -0.05) is 17.9 Å². The van der Waals surface area contributed by atoms with Gasteiger partial charge in [-0.3, -0.25) is 4.79 Å². The van der Waals surface area contributed by atoms with Crippen LogP contribution in [0.2, 0.25) is 0 Å². The Morgan fingerprint density at radius 2 is 1.71 bits per heavy atom. The molecule has 1 aromatic heterocycles. The van der Waals surface area contributed by atoms with E-state index in [1.54, 1.807) is 25.2 Å². The van der Waals surface area contributed by atoms with Gasteiger partial charge >= 0.3 is 6.09 Å². The number of pyridine rings is 1. The van der Waals surface area contributed by atoms with Crippen LogP contribution in [0.3, 0.4) is 0 Å². The lowest BCUT2D eigenvalue weighted by molar-refractivity contribution is -0.114. The minimum atomic E-state index is -0.589. The van der Waals surface area contributed by atoms with E-state index in [1.807, 2.05) is 51.1 Å². The van der Waals surface area contributed by atoms with Crippen LogP contribution < -0.4 is 5.32 Å². The summed E-state index contributed by atoms with van der Waals surface area (Å²) >= 11 is 0. The lowest BCUT2D eigenvalue weighted by Crippen LogP contribution is -2.33. The summed E-state index contributed by atoms with van der Waals surface area (Å²) in [6.07, 6.45) is -0.440. The van der Waals surface area contributed by atoms with Crippen molar-refractivity contribution in [2.45, 2.75) is 39.8 Å². The normalized spacial score (nSPS) is 10.6. The van der Waals surface area contributed by atoms with E-state index in [0.29, 0.717) is 22.5 Å². The first kappa shape index (κ1) is 24.3. The van der Waals surface area contributed by atoms with Gasteiger partial charge in [0.25, 0.3) is 0 Å². The maximum atomic E-state index is 12.3. The number of nitrogens with zero attached hydrogens (tertiary/aromatic N) is 3. The molecule has 34 heavy (non-hydrogen) atoms. The Bertz CT molecular complexity index is 1350. The molecule has 0 radical (unpaired) electrons. The number of hydrogen-bond donors (Lipinski definition) is 1. The summed E-state index contributed by atoms with van der Waals surface area (Å²) in [5, 5.41) is 13.0. The summed E-state index contributed by atoms with van der Waals surface area (Å²) in [6, 6.07) is 16.7. The Morgan fingerprint density at radius 1 is 1.03 bits per heavy atom. The number of nitriles is 1. The smallest absolute Gasteiger partial charge is 0.410 e. The van der Waals surface area contributed by atoms with E-state index >= 15 is 0 Å². The first-order valence-electron chi connectivity index (χ1n) is 10.7. The molecule has 0 aliphatic rings. The van der Waals surface area contributed by atoms with Crippen LogP contribution in [0.25, 0.3) is 10.9 Å². The number of carbonyl (C=O) groups excluding carboxylic acids is 2. The summed E-state index contributed by atoms with van der Waals surface area (Å²) in [6.45, 7) is 7.15. The van der Waals surface area contributed by atoms with E-state index in [4.69, 9.17) is 4.74 Å². The minimum absolute atomic E-state index is 0.187. The molecule has 0 aliphatic carbocycles. The van der Waals surface area contributed by atoms with Crippen molar-refractivity contribution in [3.8, 4) is 17.9 Å². The van der Waals surface area contributed by atoms with Crippen LogP contribution in [0.5, 0.6) is 0 Å². The van der Waals surface area contributed by atoms with Crippen molar-refractivity contribution >= 4 is 28.7 Å². The number of rotatable bonds is 3. The Morgan fingerprint density at radius 3 is 2.38 bits per heavy atom. The Balaban J connectivity index is 1.85. The molecule has 7 heteroatoms. The van der Waals surface area contributed by atoms with Gasteiger partial charge in [-0.15, -0.1) is 0 Å². The highest BCUT2D eigenvalue weighted by molar-refractivity contribution is 5.90. The highest BCUT2D eigenvalue weighted by Gasteiger charge is 2.19. The number of aromatic nitrogens is 1. The fourth-order valence-electron chi connectivity index (χ4n) is 3.19. The van der Waals surface area contributed by atoms with Crippen LogP contribution >= 0.6 is 0 Å². The maximum absolute atomic E-state index is 12.3. The lowest BCUT2D eigenvalue weighted by Gasteiger charge is -2.24. The molecule has 0 saturated heterocycles. The average molecular weight is 455 g/mol. The summed E-state index contributed by atoms with van der Waals surface area (Å²) in [5.74, 6) is 6.49. The molecule has 3 rings (SSSR count). The van der Waals surface area contributed by atoms with Crippen LogP contribution in [0.1, 0.15) is 49.9 Å². The zero-order valence-electron chi connectivity index (χ0n) is 19.9. The van der Waals surface area contributed by atoms with E-state index in [9.17, 15) is 14.9 Å². The fraction of sp³-hybridized carbons (Fsp3) is 0.259. The molecule has 1 N–H and O–H groups in total. The number of ether oxygens (including phenoxy) is 1. The average Bonchev–Trinajstić information content (AvgIpc) is 2.75. The lowest BCUT2D eigenvalue weighted by atomic mass is 10.1. The molecule has 2 amide bonds. The third-order valence-corrected chi connectivity index (χ3v) is 4.59. The van der Waals surface area contributed by atoms with Gasteiger partial charge in [0.15, 0.2) is 0 Å². The summed E-state index contributed by atoms with van der Waals surface area (Å²) in [4.78, 5) is 29.5. The second-order valence-electron chi connectivity index (χ2n) is 8.90. The number of benzene rings is 2. The third-order valence-electron chi connectivity index (χ3n) is 4.59. The van der Waals surface area contributed by atoms with Crippen LogP contribution in [-0.2, 0) is 16.1 Å². The summed E-state index contributed by atoms with van der Waals surface area (Å²) in [7, 11) is 1.65. The van der Waals surface area contributed by atoms with E-state index in [-0.39, 0.29) is 12.5 Å². The number of fused-ring (bicyclic) bond motifs is 1.